The Balaban J connectivity index is 2.50. The van der Waals surface area contributed by atoms with Crippen LogP contribution in [0.2, 0.25) is 0 Å². The number of carbonyl (C=O) groups excluding carboxylic acids is 1. The number of benzene rings is 1. The lowest BCUT2D eigenvalue weighted by atomic mass is 10.1. The van der Waals surface area contributed by atoms with Crippen LogP contribution in [0.15, 0.2) is 18.2 Å². The molecular formula is C9H8O2S. The van der Waals surface area contributed by atoms with Gasteiger partial charge in [-0.1, -0.05) is 17.8 Å². The summed E-state index contributed by atoms with van der Waals surface area (Å²) in [6, 6.07) is 5.64. The number of methoxy groups -OCH3 is 1. The monoisotopic (exact) mass is 180 g/mol. The fraction of sp³-hybridized carbons (Fsp3) is 0.222. The van der Waals surface area contributed by atoms with E-state index in [0.29, 0.717) is 0 Å². The van der Waals surface area contributed by atoms with Crippen molar-refractivity contribution < 1.29 is 9.53 Å². The molecule has 1 aromatic carbocycles. The summed E-state index contributed by atoms with van der Waals surface area (Å²) in [6.07, 6.45) is 0. The third-order valence-corrected chi connectivity index (χ3v) is 2.83. The zero-order chi connectivity index (χ0) is 8.55. The molecule has 2 nitrogen and oxygen atoms in total. The van der Waals surface area contributed by atoms with Gasteiger partial charge in [-0.05, 0) is 17.7 Å². The van der Waals surface area contributed by atoms with Crippen LogP contribution < -0.4 is 4.74 Å². The normalized spacial score (nSPS) is 14.6. The number of rotatable bonds is 1. The Kier molecular flexibility index (Phi) is 1.81. The zero-order valence-electron chi connectivity index (χ0n) is 6.66. The molecule has 0 radical (unpaired) electrons. The summed E-state index contributed by atoms with van der Waals surface area (Å²) in [5, 5.41) is 0.156. The summed E-state index contributed by atoms with van der Waals surface area (Å²) in [4.78, 5) is 11.2. The SMILES string of the molecule is COc1ccc2c(c1)C(=O)SC2. The molecule has 2 rings (SSSR count). The molecule has 0 aromatic heterocycles. The van der Waals surface area contributed by atoms with Gasteiger partial charge in [-0.15, -0.1) is 0 Å². The van der Waals surface area contributed by atoms with E-state index in [9.17, 15) is 4.79 Å². The van der Waals surface area contributed by atoms with Crippen LogP contribution in [0, 0.1) is 0 Å². The third-order valence-electron chi connectivity index (χ3n) is 1.90. The van der Waals surface area contributed by atoms with Gasteiger partial charge in [0.2, 0.25) is 5.12 Å². The summed E-state index contributed by atoms with van der Waals surface area (Å²) in [7, 11) is 1.61. The molecule has 0 fully saturated rings. The largest absolute Gasteiger partial charge is 0.497 e. The van der Waals surface area contributed by atoms with Crippen molar-refractivity contribution in [1.82, 2.24) is 0 Å². The van der Waals surface area contributed by atoms with E-state index in [1.807, 2.05) is 12.1 Å². The molecular weight excluding hydrogens is 172 g/mol. The molecule has 0 N–H and O–H groups in total. The topological polar surface area (TPSA) is 26.3 Å². The third kappa shape index (κ3) is 1.10. The lowest BCUT2D eigenvalue weighted by Crippen LogP contribution is -1.90. The second-order valence-corrected chi connectivity index (χ2v) is 3.55. The summed E-state index contributed by atoms with van der Waals surface area (Å²) in [5.74, 6) is 1.56. The molecule has 0 unspecified atom stereocenters. The first-order valence-electron chi connectivity index (χ1n) is 3.65. The van der Waals surface area contributed by atoms with Crippen LogP contribution in [-0.4, -0.2) is 12.2 Å². The van der Waals surface area contributed by atoms with Crippen molar-refractivity contribution in [3.63, 3.8) is 0 Å². The van der Waals surface area contributed by atoms with Crippen molar-refractivity contribution in [1.29, 1.82) is 0 Å². The highest BCUT2D eigenvalue weighted by atomic mass is 32.2. The van der Waals surface area contributed by atoms with E-state index in [1.54, 1.807) is 13.2 Å². The van der Waals surface area contributed by atoms with E-state index in [-0.39, 0.29) is 5.12 Å². The van der Waals surface area contributed by atoms with Gasteiger partial charge in [-0.2, -0.15) is 0 Å². The molecule has 0 amide bonds. The maximum absolute atomic E-state index is 11.2. The maximum Gasteiger partial charge on any atom is 0.220 e. The lowest BCUT2D eigenvalue weighted by molar-refractivity contribution is 0.109. The Morgan fingerprint density at radius 1 is 1.50 bits per heavy atom. The molecule has 0 spiro atoms. The van der Waals surface area contributed by atoms with Crippen molar-refractivity contribution in [3.8, 4) is 5.75 Å². The van der Waals surface area contributed by atoms with Crippen LogP contribution in [0.4, 0.5) is 0 Å². The Morgan fingerprint density at radius 3 is 3.08 bits per heavy atom. The first-order valence-corrected chi connectivity index (χ1v) is 4.64. The highest BCUT2D eigenvalue weighted by Gasteiger charge is 2.20. The van der Waals surface area contributed by atoms with Crippen molar-refractivity contribution in [2.24, 2.45) is 0 Å². The number of hydrogen-bond acceptors (Lipinski definition) is 3. The molecule has 0 bridgehead atoms. The minimum Gasteiger partial charge on any atom is -0.497 e. The van der Waals surface area contributed by atoms with Gasteiger partial charge < -0.3 is 4.74 Å². The van der Waals surface area contributed by atoms with Crippen LogP contribution in [0.3, 0.4) is 0 Å². The van der Waals surface area contributed by atoms with Crippen LogP contribution in [0.25, 0.3) is 0 Å². The molecule has 1 aliphatic heterocycles. The maximum atomic E-state index is 11.2. The van der Waals surface area contributed by atoms with Gasteiger partial charge in [0.25, 0.3) is 0 Å². The predicted octanol–water partition coefficient (Wildman–Crippen LogP) is 2.08. The standard InChI is InChI=1S/C9H8O2S/c1-11-7-3-2-6-5-12-9(10)8(6)4-7/h2-4H,5H2,1H3. The first-order chi connectivity index (χ1) is 5.81. The fourth-order valence-corrected chi connectivity index (χ4v) is 2.10. The average Bonchev–Trinajstić information content (AvgIpc) is 2.47. The predicted molar refractivity (Wildman–Crippen MR) is 48.6 cm³/mol. The van der Waals surface area contributed by atoms with E-state index in [1.165, 1.54) is 11.8 Å². The molecule has 0 saturated heterocycles. The second kappa shape index (κ2) is 2.83. The summed E-state index contributed by atoms with van der Waals surface area (Å²) >= 11 is 1.35. The first kappa shape index (κ1) is 7.68. The van der Waals surface area contributed by atoms with Crippen LogP contribution in [0.1, 0.15) is 15.9 Å². The summed E-state index contributed by atoms with van der Waals surface area (Å²) in [5.41, 5.74) is 1.92. The molecule has 3 heteroatoms. The molecule has 0 atom stereocenters. The van der Waals surface area contributed by atoms with E-state index >= 15 is 0 Å². The minimum atomic E-state index is 0.156. The highest BCUT2D eigenvalue weighted by Crippen LogP contribution is 2.31. The van der Waals surface area contributed by atoms with Crippen molar-refractivity contribution >= 4 is 16.9 Å². The van der Waals surface area contributed by atoms with E-state index < -0.39 is 0 Å². The van der Waals surface area contributed by atoms with Gasteiger partial charge >= 0.3 is 0 Å². The van der Waals surface area contributed by atoms with Crippen LogP contribution >= 0.6 is 11.8 Å². The molecule has 1 aliphatic rings. The van der Waals surface area contributed by atoms with E-state index in [4.69, 9.17) is 4.74 Å². The molecule has 12 heavy (non-hydrogen) atoms. The van der Waals surface area contributed by atoms with Crippen molar-refractivity contribution in [3.05, 3.63) is 29.3 Å². The Labute approximate surface area is 74.9 Å². The van der Waals surface area contributed by atoms with Gasteiger partial charge in [0.15, 0.2) is 0 Å². The number of hydrogen-bond donors (Lipinski definition) is 0. The smallest absolute Gasteiger partial charge is 0.220 e. The Hall–Kier alpha value is -0.960. The molecule has 62 valence electrons. The number of fused-ring (bicyclic) bond motifs is 1. The number of carbonyl (C=O) groups is 1. The summed E-state index contributed by atoms with van der Waals surface area (Å²) in [6.45, 7) is 0. The number of thioether (sulfide) groups is 1. The summed E-state index contributed by atoms with van der Waals surface area (Å²) < 4.78 is 5.03. The Morgan fingerprint density at radius 2 is 2.33 bits per heavy atom. The van der Waals surface area contributed by atoms with E-state index in [2.05, 4.69) is 0 Å². The zero-order valence-corrected chi connectivity index (χ0v) is 7.48. The molecule has 0 aliphatic carbocycles. The average molecular weight is 180 g/mol. The number of ether oxygens (including phenoxy) is 1. The molecule has 1 aromatic rings. The van der Waals surface area contributed by atoms with Crippen LogP contribution in [-0.2, 0) is 5.75 Å². The highest BCUT2D eigenvalue weighted by molar-refractivity contribution is 8.13. The van der Waals surface area contributed by atoms with E-state index in [0.717, 1.165) is 22.6 Å². The van der Waals surface area contributed by atoms with Gasteiger partial charge in [0.05, 0.1) is 7.11 Å². The van der Waals surface area contributed by atoms with Gasteiger partial charge in [-0.25, -0.2) is 0 Å². The van der Waals surface area contributed by atoms with Crippen LogP contribution in [0.5, 0.6) is 5.75 Å². The minimum absolute atomic E-state index is 0.156. The molecule has 1 heterocycles. The lowest BCUT2D eigenvalue weighted by Gasteiger charge is -2.00. The van der Waals surface area contributed by atoms with Crippen molar-refractivity contribution in [2.75, 3.05) is 7.11 Å². The van der Waals surface area contributed by atoms with Gasteiger partial charge in [-0.3, -0.25) is 4.79 Å². The van der Waals surface area contributed by atoms with Gasteiger partial charge in [0.1, 0.15) is 5.75 Å². The Bertz CT molecular complexity index is 333. The second-order valence-electron chi connectivity index (χ2n) is 2.60. The molecule has 0 saturated carbocycles. The quantitative estimate of drug-likeness (QED) is 0.662. The van der Waals surface area contributed by atoms with Crippen molar-refractivity contribution in [2.45, 2.75) is 5.75 Å². The van der Waals surface area contributed by atoms with Gasteiger partial charge in [0, 0.05) is 11.3 Å². The fourth-order valence-electron chi connectivity index (χ4n) is 1.22.